The van der Waals surface area contributed by atoms with E-state index < -0.39 is 0 Å². The predicted molar refractivity (Wildman–Crippen MR) is 89.3 cm³/mol. The number of nitrogens with zero attached hydrogens (tertiary/aromatic N) is 1. The fraction of sp³-hybridized carbons (Fsp3) is 0.158. The maximum Gasteiger partial charge on any atom is 0.248 e. The molecule has 0 fully saturated rings. The standard InChI is InChI=1S/C19H18N2O/c1-2-3-15-8-11-18(12-9-15)21-19(22)13-10-16-4-6-17(14-20)7-5-16/h4-13H,2-3H2,1H3,(H,21,22)/b13-10+. The number of benzene rings is 2. The molecule has 0 bridgehead atoms. The first-order valence-corrected chi connectivity index (χ1v) is 7.29. The molecule has 110 valence electrons. The van der Waals surface area contributed by atoms with Gasteiger partial charge in [-0.15, -0.1) is 0 Å². The summed E-state index contributed by atoms with van der Waals surface area (Å²) >= 11 is 0. The molecule has 0 saturated heterocycles. The number of nitrogens with one attached hydrogen (secondary N) is 1. The Morgan fingerprint density at radius 1 is 1.14 bits per heavy atom. The van der Waals surface area contributed by atoms with Crippen LogP contribution in [0.15, 0.2) is 54.6 Å². The maximum absolute atomic E-state index is 11.9. The Bertz CT molecular complexity index is 692. The van der Waals surface area contributed by atoms with Crippen LogP contribution in [0.3, 0.4) is 0 Å². The SMILES string of the molecule is CCCc1ccc(NC(=O)/C=C/c2ccc(C#N)cc2)cc1. The molecule has 0 heterocycles. The van der Waals surface area contributed by atoms with Crippen molar-refractivity contribution in [1.82, 2.24) is 0 Å². The average Bonchev–Trinajstić information content (AvgIpc) is 2.55. The van der Waals surface area contributed by atoms with Gasteiger partial charge in [-0.2, -0.15) is 5.26 Å². The highest BCUT2D eigenvalue weighted by Crippen LogP contribution is 2.11. The molecule has 0 atom stereocenters. The van der Waals surface area contributed by atoms with Gasteiger partial charge in [0.1, 0.15) is 0 Å². The zero-order valence-electron chi connectivity index (χ0n) is 12.5. The van der Waals surface area contributed by atoms with E-state index in [1.54, 1.807) is 18.2 Å². The van der Waals surface area contributed by atoms with Crippen LogP contribution in [-0.4, -0.2) is 5.91 Å². The number of carbonyl (C=O) groups is 1. The summed E-state index contributed by atoms with van der Waals surface area (Å²) in [7, 11) is 0. The molecule has 0 aliphatic carbocycles. The minimum Gasteiger partial charge on any atom is -0.323 e. The average molecular weight is 290 g/mol. The third-order valence-corrected chi connectivity index (χ3v) is 3.23. The Hall–Kier alpha value is -2.86. The lowest BCUT2D eigenvalue weighted by atomic mass is 10.1. The molecule has 0 spiro atoms. The highest BCUT2D eigenvalue weighted by Gasteiger charge is 1.98. The van der Waals surface area contributed by atoms with Gasteiger partial charge in [0.15, 0.2) is 0 Å². The summed E-state index contributed by atoms with van der Waals surface area (Å²) < 4.78 is 0. The highest BCUT2D eigenvalue weighted by atomic mass is 16.1. The maximum atomic E-state index is 11.9. The van der Waals surface area contributed by atoms with E-state index in [9.17, 15) is 4.79 Å². The topological polar surface area (TPSA) is 52.9 Å². The summed E-state index contributed by atoms with van der Waals surface area (Å²) in [5.74, 6) is -0.174. The van der Waals surface area contributed by atoms with E-state index >= 15 is 0 Å². The summed E-state index contributed by atoms with van der Waals surface area (Å²) in [5.41, 5.74) is 3.55. The van der Waals surface area contributed by atoms with E-state index in [-0.39, 0.29) is 5.91 Å². The van der Waals surface area contributed by atoms with Gasteiger partial charge in [-0.25, -0.2) is 0 Å². The largest absolute Gasteiger partial charge is 0.323 e. The molecular formula is C19H18N2O. The van der Waals surface area contributed by atoms with Crippen molar-refractivity contribution in [2.24, 2.45) is 0 Å². The van der Waals surface area contributed by atoms with Gasteiger partial charge in [0.05, 0.1) is 11.6 Å². The Balaban J connectivity index is 1.94. The summed E-state index contributed by atoms with van der Waals surface area (Å²) in [6.45, 7) is 2.14. The van der Waals surface area contributed by atoms with Crippen LogP contribution in [0.4, 0.5) is 5.69 Å². The van der Waals surface area contributed by atoms with Crippen molar-refractivity contribution in [2.75, 3.05) is 5.32 Å². The molecule has 3 heteroatoms. The zero-order valence-corrected chi connectivity index (χ0v) is 12.5. The van der Waals surface area contributed by atoms with Gasteiger partial charge in [0.2, 0.25) is 5.91 Å². The molecule has 22 heavy (non-hydrogen) atoms. The zero-order chi connectivity index (χ0) is 15.8. The fourth-order valence-corrected chi connectivity index (χ4v) is 2.07. The molecule has 3 nitrogen and oxygen atoms in total. The van der Waals surface area contributed by atoms with E-state index in [0.717, 1.165) is 24.1 Å². The Labute approximate surface area is 130 Å². The number of anilines is 1. The smallest absolute Gasteiger partial charge is 0.248 e. The Kier molecular flexibility index (Phi) is 5.50. The van der Waals surface area contributed by atoms with E-state index in [1.165, 1.54) is 11.6 Å². The molecule has 0 unspecified atom stereocenters. The number of aryl methyl sites for hydroxylation is 1. The molecule has 0 radical (unpaired) electrons. The lowest BCUT2D eigenvalue weighted by Crippen LogP contribution is -2.07. The van der Waals surface area contributed by atoms with Gasteiger partial charge in [-0.3, -0.25) is 4.79 Å². The number of hydrogen-bond acceptors (Lipinski definition) is 2. The molecular weight excluding hydrogens is 272 g/mol. The van der Waals surface area contributed by atoms with Crippen LogP contribution in [0.2, 0.25) is 0 Å². The quantitative estimate of drug-likeness (QED) is 0.840. The molecule has 2 aromatic carbocycles. The first-order chi connectivity index (χ1) is 10.7. The number of carbonyl (C=O) groups excluding carboxylic acids is 1. The van der Waals surface area contributed by atoms with Gasteiger partial charge in [0, 0.05) is 11.8 Å². The number of amides is 1. The normalized spacial score (nSPS) is 10.4. The summed E-state index contributed by atoms with van der Waals surface area (Å²) in [6, 6.07) is 17.0. The number of hydrogen-bond donors (Lipinski definition) is 1. The van der Waals surface area contributed by atoms with Crippen LogP contribution in [0, 0.1) is 11.3 Å². The van der Waals surface area contributed by atoms with E-state index in [4.69, 9.17) is 5.26 Å². The van der Waals surface area contributed by atoms with Crippen LogP contribution in [0.1, 0.15) is 30.0 Å². The van der Waals surface area contributed by atoms with Crippen molar-refractivity contribution in [3.05, 3.63) is 71.3 Å². The Morgan fingerprint density at radius 3 is 2.41 bits per heavy atom. The van der Waals surface area contributed by atoms with Crippen molar-refractivity contribution < 1.29 is 4.79 Å². The highest BCUT2D eigenvalue weighted by molar-refractivity contribution is 6.01. The lowest BCUT2D eigenvalue weighted by molar-refractivity contribution is -0.111. The second-order valence-corrected chi connectivity index (χ2v) is 5.00. The monoisotopic (exact) mass is 290 g/mol. The summed E-state index contributed by atoms with van der Waals surface area (Å²) in [5, 5.41) is 11.6. The van der Waals surface area contributed by atoms with E-state index in [1.807, 2.05) is 36.4 Å². The molecule has 2 aromatic rings. The van der Waals surface area contributed by atoms with Gasteiger partial charge in [-0.05, 0) is 47.9 Å². The van der Waals surface area contributed by atoms with Crippen LogP contribution < -0.4 is 5.32 Å². The minimum absolute atomic E-state index is 0.174. The van der Waals surface area contributed by atoms with E-state index in [0.29, 0.717) is 5.56 Å². The first kappa shape index (κ1) is 15.5. The second-order valence-electron chi connectivity index (χ2n) is 5.00. The van der Waals surface area contributed by atoms with Crippen molar-refractivity contribution in [1.29, 1.82) is 5.26 Å². The molecule has 0 aliphatic rings. The van der Waals surface area contributed by atoms with E-state index in [2.05, 4.69) is 18.3 Å². The predicted octanol–water partition coefficient (Wildman–Crippen LogP) is 4.16. The molecule has 0 aliphatic heterocycles. The van der Waals surface area contributed by atoms with Crippen molar-refractivity contribution in [2.45, 2.75) is 19.8 Å². The fourth-order valence-electron chi connectivity index (χ4n) is 2.07. The summed E-state index contributed by atoms with van der Waals surface area (Å²) in [6.07, 6.45) is 5.37. The summed E-state index contributed by atoms with van der Waals surface area (Å²) in [4.78, 5) is 11.9. The van der Waals surface area contributed by atoms with Crippen molar-refractivity contribution in [3.63, 3.8) is 0 Å². The number of rotatable bonds is 5. The third kappa shape index (κ3) is 4.60. The van der Waals surface area contributed by atoms with Gasteiger partial charge < -0.3 is 5.32 Å². The van der Waals surface area contributed by atoms with Crippen molar-refractivity contribution >= 4 is 17.7 Å². The van der Waals surface area contributed by atoms with Gasteiger partial charge in [0.25, 0.3) is 0 Å². The molecule has 0 saturated carbocycles. The molecule has 2 rings (SSSR count). The molecule has 1 N–H and O–H groups in total. The molecule has 1 amide bonds. The third-order valence-electron chi connectivity index (χ3n) is 3.23. The molecule has 0 aromatic heterocycles. The van der Waals surface area contributed by atoms with Crippen LogP contribution in [0.5, 0.6) is 0 Å². The lowest BCUT2D eigenvalue weighted by Gasteiger charge is -2.04. The van der Waals surface area contributed by atoms with Crippen molar-refractivity contribution in [3.8, 4) is 6.07 Å². The van der Waals surface area contributed by atoms with Gasteiger partial charge in [-0.1, -0.05) is 37.6 Å². The Morgan fingerprint density at radius 2 is 1.82 bits per heavy atom. The number of nitriles is 1. The first-order valence-electron chi connectivity index (χ1n) is 7.29. The van der Waals surface area contributed by atoms with Crippen LogP contribution in [0.25, 0.3) is 6.08 Å². The minimum atomic E-state index is -0.174. The van der Waals surface area contributed by atoms with Gasteiger partial charge >= 0.3 is 0 Å². The van der Waals surface area contributed by atoms with Crippen LogP contribution in [-0.2, 0) is 11.2 Å². The second kappa shape index (κ2) is 7.80. The van der Waals surface area contributed by atoms with Crippen LogP contribution >= 0.6 is 0 Å².